The molecule has 1 aliphatic rings. The molecule has 3 rings (SSSR count). The average Bonchev–Trinajstić information content (AvgIpc) is 3.20. The number of carbonyl (C=O) groups is 2. The van der Waals surface area contributed by atoms with Crippen molar-refractivity contribution in [1.82, 2.24) is 10.2 Å². The number of rotatable bonds is 8. The van der Waals surface area contributed by atoms with Crippen molar-refractivity contribution in [2.45, 2.75) is 55.5 Å². The lowest BCUT2D eigenvalue weighted by Gasteiger charge is -2.32. The fourth-order valence-electron chi connectivity index (χ4n) is 4.09. The molecule has 2 atom stereocenters. The number of nitrogens with zero attached hydrogens (tertiary/aromatic N) is 1. The molecule has 0 aromatic heterocycles. The first-order chi connectivity index (χ1) is 16.5. The molecule has 1 amide bonds. The second kappa shape index (κ2) is 10.3. The minimum atomic E-state index is -4.79. The molecule has 11 heteroatoms. The molecular weight excluding hydrogens is 500 g/mol. The number of carbonyl (C=O) groups excluding carboxylic acids is 2. The van der Waals surface area contributed by atoms with Gasteiger partial charge in [0.15, 0.2) is 15.6 Å². The molecule has 36 heavy (non-hydrogen) atoms. The highest BCUT2D eigenvalue weighted by Crippen LogP contribution is 2.35. The monoisotopic (exact) mass is 528 g/mol. The van der Waals surface area contributed by atoms with Crippen LogP contribution in [0.2, 0.25) is 0 Å². The Morgan fingerprint density at radius 3 is 1.94 bits per heavy atom. The Morgan fingerprint density at radius 1 is 1.00 bits per heavy atom. The van der Waals surface area contributed by atoms with Crippen molar-refractivity contribution in [2.75, 3.05) is 19.3 Å². The van der Waals surface area contributed by atoms with Crippen molar-refractivity contribution in [3.63, 3.8) is 0 Å². The minimum absolute atomic E-state index is 0.0893. The zero-order valence-electron chi connectivity index (χ0n) is 20.1. The van der Waals surface area contributed by atoms with Gasteiger partial charge in [0.1, 0.15) is 11.7 Å². The summed E-state index contributed by atoms with van der Waals surface area (Å²) in [5, 5.41) is 2.31. The van der Waals surface area contributed by atoms with Crippen molar-refractivity contribution in [3.05, 3.63) is 54.1 Å². The van der Waals surface area contributed by atoms with Crippen LogP contribution in [-0.4, -0.2) is 62.2 Å². The van der Waals surface area contributed by atoms with Crippen LogP contribution in [0.5, 0.6) is 0 Å². The van der Waals surface area contributed by atoms with E-state index in [-0.39, 0.29) is 35.8 Å². The van der Waals surface area contributed by atoms with E-state index in [2.05, 4.69) is 5.32 Å². The summed E-state index contributed by atoms with van der Waals surface area (Å²) in [5.41, 5.74) is -0.940. The first-order valence-corrected chi connectivity index (χ1v) is 13.2. The van der Waals surface area contributed by atoms with Crippen LogP contribution >= 0.6 is 0 Å². The number of ketones is 1. The van der Waals surface area contributed by atoms with E-state index in [9.17, 15) is 35.6 Å². The normalized spacial score (nSPS) is 16.8. The van der Waals surface area contributed by atoms with Crippen molar-refractivity contribution >= 4 is 21.5 Å². The standard InChI is InChI=1S/C25H28F4N2O4S/c1-24(2,26)14-21(23(33)31-13-12-19(32)15-31)30-22(25(27,28)29)18-6-4-16(5-7-18)17-8-10-20(11-9-17)36(3,34)35/h4-11,21-22,30H,12-15H2,1-3H3/t21-,22-/m0/s1. The van der Waals surface area contributed by atoms with Crippen LogP contribution in [0.4, 0.5) is 17.6 Å². The van der Waals surface area contributed by atoms with Crippen molar-refractivity contribution in [3.8, 4) is 11.1 Å². The number of amides is 1. The molecule has 0 unspecified atom stereocenters. The smallest absolute Gasteiger partial charge is 0.334 e. The molecular formula is C25H28F4N2O4S. The maximum atomic E-state index is 14.5. The lowest BCUT2D eigenvalue weighted by Crippen LogP contribution is -2.51. The van der Waals surface area contributed by atoms with E-state index < -0.39 is 46.1 Å². The number of sulfone groups is 1. The summed E-state index contributed by atoms with van der Waals surface area (Å²) in [6.45, 7) is 2.24. The summed E-state index contributed by atoms with van der Waals surface area (Å²) in [6, 6.07) is 7.62. The summed E-state index contributed by atoms with van der Waals surface area (Å²) in [5.74, 6) is -0.947. The predicted molar refractivity (Wildman–Crippen MR) is 127 cm³/mol. The first kappa shape index (κ1) is 27.8. The van der Waals surface area contributed by atoms with Crippen LogP contribution in [0, 0.1) is 0 Å². The second-order valence-corrected chi connectivity index (χ2v) is 11.6. The van der Waals surface area contributed by atoms with Crippen LogP contribution < -0.4 is 5.32 Å². The molecule has 0 radical (unpaired) electrons. The van der Waals surface area contributed by atoms with E-state index in [1.807, 2.05) is 0 Å². The van der Waals surface area contributed by atoms with Crippen LogP contribution in [0.3, 0.4) is 0 Å². The number of hydrogen-bond acceptors (Lipinski definition) is 5. The summed E-state index contributed by atoms with van der Waals surface area (Å²) in [7, 11) is -3.39. The molecule has 0 bridgehead atoms. The topological polar surface area (TPSA) is 83.6 Å². The highest BCUT2D eigenvalue weighted by atomic mass is 32.2. The van der Waals surface area contributed by atoms with E-state index in [1.165, 1.54) is 50.2 Å². The number of halogens is 4. The predicted octanol–water partition coefficient (Wildman–Crippen LogP) is 4.26. The zero-order valence-corrected chi connectivity index (χ0v) is 20.9. The molecule has 0 aliphatic carbocycles. The number of hydrogen-bond donors (Lipinski definition) is 1. The lowest BCUT2D eigenvalue weighted by molar-refractivity contribution is -0.163. The van der Waals surface area contributed by atoms with Gasteiger partial charge in [-0.2, -0.15) is 13.2 Å². The number of likely N-dealkylation sites (tertiary alicyclic amines) is 1. The number of nitrogens with one attached hydrogen (secondary N) is 1. The maximum Gasteiger partial charge on any atom is 0.407 e. The van der Waals surface area contributed by atoms with Gasteiger partial charge in [-0.05, 0) is 42.7 Å². The zero-order chi connectivity index (χ0) is 26.9. The van der Waals surface area contributed by atoms with Crippen molar-refractivity contribution in [1.29, 1.82) is 0 Å². The SMILES string of the molecule is CC(C)(F)C[C@H](N[C@@H](c1ccc(-c2ccc(S(C)(=O)=O)cc2)cc1)C(F)(F)F)C(=O)N1CCC(=O)C1. The van der Waals surface area contributed by atoms with Gasteiger partial charge in [-0.25, -0.2) is 12.8 Å². The number of alkyl halides is 4. The molecule has 1 saturated heterocycles. The number of benzene rings is 2. The molecule has 0 spiro atoms. The molecule has 6 nitrogen and oxygen atoms in total. The van der Waals surface area contributed by atoms with E-state index in [4.69, 9.17) is 0 Å². The quantitative estimate of drug-likeness (QED) is 0.518. The van der Waals surface area contributed by atoms with Gasteiger partial charge in [0.25, 0.3) is 0 Å². The molecule has 1 aliphatic heterocycles. The minimum Gasteiger partial charge on any atom is -0.334 e. The fraction of sp³-hybridized carbons (Fsp3) is 0.440. The van der Waals surface area contributed by atoms with Crippen LogP contribution in [0.25, 0.3) is 11.1 Å². The van der Waals surface area contributed by atoms with Crippen molar-refractivity contribution < 1.29 is 35.6 Å². The molecule has 1 N–H and O–H groups in total. The Morgan fingerprint density at radius 2 is 1.53 bits per heavy atom. The Bertz CT molecular complexity index is 1200. The molecule has 1 fully saturated rings. The van der Waals surface area contributed by atoms with Crippen molar-refractivity contribution in [2.24, 2.45) is 0 Å². The van der Waals surface area contributed by atoms with Gasteiger partial charge in [-0.15, -0.1) is 0 Å². The number of Topliss-reactive ketones (excluding diaryl/α,β-unsaturated/α-hetero) is 1. The largest absolute Gasteiger partial charge is 0.407 e. The van der Waals surface area contributed by atoms with Gasteiger partial charge in [-0.3, -0.25) is 14.9 Å². The van der Waals surface area contributed by atoms with Gasteiger partial charge < -0.3 is 4.90 Å². The van der Waals surface area contributed by atoms with E-state index in [0.717, 1.165) is 11.2 Å². The lowest BCUT2D eigenvalue weighted by atomic mass is 9.96. The fourth-order valence-corrected chi connectivity index (χ4v) is 4.72. The summed E-state index contributed by atoms with van der Waals surface area (Å²) in [4.78, 5) is 25.8. The molecule has 0 saturated carbocycles. The summed E-state index contributed by atoms with van der Waals surface area (Å²) in [6.07, 6.45) is -4.11. The maximum absolute atomic E-state index is 14.5. The van der Waals surface area contributed by atoms with Gasteiger partial charge in [0, 0.05) is 25.6 Å². The Kier molecular flexibility index (Phi) is 7.95. The summed E-state index contributed by atoms with van der Waals surface area (Å²) < 4.78 is 80.0. The molecule has 1 heterocycles. The molecule has 2 aromatic carbocycles. The average molecular weight is 529 g/mol. The molecule has 196 valence electrons. The first-order valence-electron chi connectivity index (χ1n) is 11.3. The van der Waals surface area contributed by atoms with Gasteiger partial charge in [0.05, 0.1) is 17.5 Å². The molecule has 2 aromatic rings. The Labute approximate surface area is 207 Å². The third kappa shape index (κ3) is 7.13. The van der Waals surface area contributed by atoms with Crippen LogP contribution in [-0.2, 0) is 19.4 Å². The van der Waals surface area contributed by atoms with Crippen LogP contribution in [0.15, 0.2) is 53.4 Å². The van der Waals surface area contributed by atoms with E-state index in [0.29, 0.717) is 11.1 Å². The highest BCUT2D eigenvalue weighted by Gasteiger charge is 2.44. The second-order valence-electron chi connectivity index (χ2n) is 9.58. The van der Waals surface area contributed by atoms with E-state index >= 15 is 0 Å². The van der Waals surface area contributed by atoms with Gasteiger partial charge in [0.2, 0.25) is 5.91 Å². The summed E-state index contributed by atoms with van der Waals surface area (Å²) >= 11 is 0. The van der Waals surface area contributed by atoms with Gasteiger partial charge >= 0.3 is 6.18 Å². The van der Waals surface area contributed by atoms with Crippen LogP contribution in [0.1, 0.15) is 38.3 Å². The highest BCUT2D eigenvalue weighted by molar-refractivity contribution is 7.90. The Hall–Kier alpha value is -2.79. The third-order valence-corrected chi connectivity index (χ3v) is 7.01. The third-order valence-electron chi connectivity index (χ3n) is 5.88. The Balaban J connectivity index is 1.88. The van der Waals surface area contributed by atoms with E-state index in [1.54, 1.807) is 12.1 Å². The van der Waals surface area contributed by atoms with Gasteiger partial charge in [-0.1, -0.05) is 36.4 Å².